The van der Waals surface area contributed by atoms with Gasteiger partial charge in [-0.15, -0.1) is 0 Å². The Morgan fingerprint density at radius 1 is 1.17 bits per heavy atom. The number of rotatable bonds is 8. The van der Waals surface area contributed by atoms with Crippen LogP contribution in [0.4, 0.5) is 0 Å². The van der Waals surface area contributed by atoms with Crippen molar-refractivity contribution in [3.8, 4) is 5.75 Å². The summed E-state index contributed by atoms with van der Waals surface area (Å²) in [6.45, 7) is 8.33. The van der Waals surface area contributed by atoms with E-state index in [4.69, 9.17) is 9.84 Å². The average Bonchev–Trinajstić information content (AvgIpc) is 2.30. The van der Waals surface area contributed by atoms with E-state index < -0.39 is 0 Å². The molecular weight excluding hydrogens is 226 g/mol. The molecule has 0 amide bonds. The predicted octanol–water partition coefficient (Wildman–Crippen LogP) is 2.58. The minimum absolute atomic E-state index is 0.302. The minimum atomic E-state index is -0.302. The zero-order chi connectivity index (χ0) is 13.4. The number of ether oxygens (including phenoxy) is 1. The van der Waals surface area contributed by atoms with Gasteiger partial charge >= 0.3 is 0 Å². The van der Waals surface area contributed by atoms with Crippen molar-refractivity contribution in [3.63, 3.8) is 0 Å². The van der Waals surface area contributed by atoms with Crippen LogP contribution in [0.15, 0.2) is 24.3 Å². The first-order valence-corrected chi connectivity index (χ1v) is 6.68. The summed E-state index contributed by atoms with van der Waals surface area (Å²) in [6.07, 6.45) is 0.779. The Bertz CT molecular complexity index is 287. The van der Waals surface area contributed by atoms with Gasteiger partial charge in [-0.1, -0.05) is 26.0 Å². The Balaban J connectivity index is 2.28. The van der Waals surface area contributed by atoms with Crippen LogP contribution >= 0.6 is 0 Å². The first-order chi connectivity index (χ1) is 8.58. The van der Waals surface area contributed by atoms with Crippen molar-refractivity contribution >= 4 is 0 Å². The van der Waals surface area contributed by atoms with Gasteiger partial charge in [-0.25, -0.2) is 0 Å². The van der Waals surface area contributed by atoms with Crippen molar-refractivity contribution in [2.45, 2.75) is 39.8 Å². The third-order valence-corrected chi connectivity index (χ3v) is 2.66. The van der Waals surface area contributed by atoms with Crippen LogP contribution in [0.1, 0.15) is 32.8 Å². The zero-order valence-electron chi connectivity index (χ0n) is 11.6. The number of aliphatic hydroxyl groups is 1. The van der Waals surface area contributed by atoms with Crippen LogP contribution in [0.25, 0.3) is 0 Å². The summed E-state index contributed by atoms with van der Waals surface area (Å²) in [5.41, 5.74) is 1.20. The summed E-state index contributed by atoms with van der Waals surface area (Å²) in [5, 5.41) is 12.3. The van der Waals surface area contributed by atoms with Crippen molar-refractivity contribution in [1.29, 1.82) is 0 Å². The van der Waals surface area contributed by atoms with E-state index in [1.165, 1.54) is 5.56 Å². The van der Waals surface area contributed by atoms with Crippen LogP contribution in [0.3, 0.4) is 0 Å². The molecule has 0 unspecified atom stereocenters. The summed E-state index contributed by atoms with van der Waals surface area (Å²) >= 11 is 0. The summed E-state index contributed by atoms with van der Waals surface area (Å²) in [5.74, 6) is 1.60. The van der Waals surface area contributed by atoms with Crippen LogP contribution in [-0.2, 0) is 6.54 Å². The normalized spacial score (nSPS) is 12.7. The summed E-state index contributed by atoms with van der Waals surface area (Å²) in [6, 6.07) is 8.11. The Kier molecular flexibility index (Phi) is 6.76. The SMILES string of the molecule is CC(C)CCOc1ccc(CNC[C@@H](C)O)cc1. The lowest BCUT2D eigenvalue weighted by molar-refractivity contribution is 0.191. The molecule has 1 rings (SSSR count). The highest BCUT2D eigenvalue weighted by molar-refractivity contribution is 5.27. The Labute approximate surface area is 110 Å². The van der Waals surface area contributed by atoms with Gasteiger partial charge in [0.15, 0.2) is 0 Å². The van der Waals surface area contributed by atoms with Crippen LogP contribution in [0.5, 0.6) is 5.75 Å². The lowest BCUT2D eigenvalue weighted by Crippen LogP contribution is -2.23. The van der Waals surface area contributed by atoms with Crippen LogP contribution in [0, 0.1) is 5.92 Å². The number of hydrogen-bond donors (Lipinski definition) is 2. The lowest BCUT2D eigenvalue weighted by atomic mass is 10.1. The van der Waals surface area contributed by atoms with Crippen LogP contribution < -0.4 is 10.1 Å². The molecule has 0 aromatic heterocycles. The standard InChI is InChI=1S/C15H25NO2/c1-12(2)8-9-18-15-6-4-14(5-7-15)11-16-10-13(3)17/h4-7,12-13,16-17H,8-11H2,1-3H3/t13-/m1/s1. The van der Waals surface area contributed by atoms with Crippen molar-refractivity contribution < 1.29 is 9.84 Å². The van der Waals surface area contributed by atoms with Gasteiger partial charge in [0.25, 0.3) is 0 Å². The van der Waals surface area contributed by atoms with E-state index in [0.717, 1.165) is 25.3 Å². The van der Waals surface area contributed by atoms with E-state index in [2.05, 4.69) is 31.3 Å². The molecule has 0 saturated carbocycles. The van der Waals surface area contributed by atoms with E-state index in [1.54, 1.807) is 6.92 Å². The molecule has 1 aromatic rings. The fraction of sp³-hybridized carbons (Fsp3) is 0.600. The molecule has 0 aliphatic rings. The fourth-order valence-electron chi connectivity index (χ4n) is 1.54. The summed E-state index contributed by atoms with van der Waals surface area (Å²) < 4.78 is 5.65. The van der Waals surface area contributed by atoms with Gasteiger partial charge in [-0.2, -0.15) is 0 Å². The quantitative estimate of drug-likeness (QED) is 0.746. The number of nitrogens with one attached hydrogen (secondary N) is 1. The molecule has 102 valence electrons. The molecule has 3 heteroatoms. The first kappa shape index (κ1) is 15.0. The second kappa shape index (κ2) is 8.11. The van der Waals surface area contributed by atoms with E-state index in [9.17, 15) is 0 Å². The number of hydrogen-bond acceptors (Lipinski definition) is 3. The van der Waals surface area contributed by atoms with Crippen molar-refractivity contribution in [1.82, 2.24) is 5.32 Å². The molecule has 0 saturated heterocycles. The molecule has 18 heavy (non-hydrogen) atoms. The van der Waals surface area contributed by atoms with E-state index in [0.29, 0.717) is 12.5 Å². The summed E-state index contributed by atoms with van der Waals surface area (Å²) in [7, 11) is 0. The van der Waals surface area contributed by atoms with Gasteiger partial charge in [-0.05, 0) is 37.0 Å². The second-order valence-corrected chi connectivity index (χ2v) is 5.15. The first-order valence-electron chi connectivity index (χ1n) is 6.68. The molecule has 0 heterocycles. The summed E-state index contributed by atoms with van der Waals surface area (Å²) in [4.78, 5) is 0. The Morgan fingerprint density at radius 2 is 1.83 bits per heavy atom. The molecule has 3 nitrogen and oxygen atoms in total. The molecular formula is C15H25NO2. The zero-order valence-corrected chi connectivity index (χ0v) is 11.6. The fourth-order valence-corrected chi connectivity index (χ4v) is 1.54. The molecule has 0 aliphatic heterocycles. The van der Waals surface area contributed by atoms with Gasteiger partial charge < -0.3 is 15.2 Å². The van der Waals surface area contributed by atoms with Gasteiger partial charge in [0.1, 0.15) is 5.75 Å². The van der Waals surface area contributed by atoms with Gasteiger partial charge in [0.05, 0.1) is 12.7 Å². The van der Waals surface area contributed by atoms with Gasteiger partial charge in [-0.3, -0.25) is 0 Å². The van der Waals surface area contributed by atoms with Gasteiger partial charge in [0, 0.05) is 13.1 Å². The molecule has 0 fully saturated rings. The van der Waals surface area contributed by atoms with Crippen molar-refractivity contribution in [2.24, 2.45) is 5.92 Å². The molecule has 2 N–H and O–H groups in total. The monoisotopic (exact) mass is 251 g/mol. The highest BCUT2D eigenvalue weighted by Crippen LogP contribution is 2.13. The average molecular weight is 251 g/mol. The lowest BCUT2D eigenvalue weighted by Gasteiger charge is -2.10. The molecule has 0 radical (unpaired) electrons. The smallest absolute Gasteiger partial charge is 0.119 e. The minimum Gasteiger partial charge on any atom is -0.494 e. The van der Waals surface area contributed by atoms with E-state index in [1.807, 2.05) is 12.1 Å². The predicted molar refractivity (Wildman–Crippen MR) is 74.8 cm³/mol. The topological polar surface area (TPSA) is 41.5 Å². The van der Waals surface area contributed by atoms with E-state index in [-0.39, 0.29) is 6.10 Å². The Morgan fingerprint density at radius 3 is 2.39 bits per heavy atom. The highest BCUT2D eigenvalue weighted by atomic mass is 16.5. The maximum atomic E-state index is 9.13. The second-order valence-electron chi connectivity index (χ2n) is 5.15. The molecule has 1 aromatic carbocycles. The van der Waals surface area contributed by atoms with Crippen LogP contribution in [-0.4, -0.2) is 24.4 Å². The number of aliphatic hydroxyl groups excluding tert-OH is 1. The largest absolute Gasteiger partial charge is 0.494 e. The number of benzene rings is 1. The molecule has 1 atom stereocenters. The maximum Gasteiger partial charge on any atom is 0.119 e. The molecule has 0 bridgehead atoms. The van der Waals surface area contributed by atoms with Crippen molar-refractivity contribution in [3.05, 3.63) is 29.8 Å². The molecule has 0 aliphatic carbocycles. The maximum absolute atomic E-state index is 9.13. The third kappa shape index (κ3) is 6.62. The van der Waals surface area contributed by atoms with E-state index >= 15 is 0 Å². The third-order valence-electron chi connectivity index (χ3n) is 2.66. The van der Waals surface area contributed by atoms with Crippen LogP contribution in [0.2, 0.25) is 0 Å². The van der Waals surface area contributed by atoms with Crippen molar-refractivity contribution in [2.75, 3.05) is 13.2 Å². The van der Waals surface area contributed by atoms with Gasteiger partial charge in [0.2, 0.25) is 0 Å². The molecule has 0 spiro atoms. The highest BCUT2D eigenvalue weighted by Gasteiger charge is 1.99. The Hall–Kier alpha value is -1.06.